The second kappa shape index (κ2) is 8.87. The predicted molar refractivity (Wildman–Crippen MR) is 102 cm³/mol. The molecule has 0 aliphatic carbocycles. The van der Waals surface area contributed by atoms with Gasteiger partial charge in [0.2, 0.25) is 0 Å². The van der Waals surface area contributed by atoms with Gasteiger partial charge in [-0.2, -0.15) is 0 Å². The Bertz CT molecular complexity index is 675. The first-order valence-electron chi connectivity index (χ1n) is 8.28. The third-order valence-electron chi connectivity index (χ3n) is 4.06. The molecule has 0 spiro atoms. The molecule has 0 radical (unpaired) electrons. The number of nitrogens with zero attached hydrogens (tertiary/aromatic N) is 2. The van der Waals surface area contributed by atoms with Gasteiger partial charge in [-0.3, -0.25) is 4.99 Å². The number of pyridine rings is 1. The highest BCUT2D eigenvalue weighted by atomic mass is 15.0. The number of amidine groups is 1. The zero-order valence-corrected chi connectivity index (χ0v) is 14.5. The first kappa shape index (κ1) is 17.7. The van der Waals surface area contributed by atoms with E-state index >= 15 is 0 Å². The van der Waals surface area contributed by atoms with Crippen LogP contribution in [0.2, 0.25) is 0 Å². The van der Waals surface area contributed by atoms with Gasteiger partial charge in [0.25, 0.3) is 0 Å². The number of benzene rings is 1. The summed E-state index contributed by atoms with van der Waals surface area (Å²) in [5.74, 6) is 1.73. The SMILES string of the molecule is C=C(CC)C(CNC(C)=NCc1ccc(N)nc1)c1ccccc1. The van der Waals surface area contributed by atoms with Crippen LogP contribution in [-0.2, 0) is 6.54 Å². The highest BCUT2D eigenvalue weighted by Crippen LogP contribution is 2.24. The maximum atomic E-state index is 5.59. The van der Waals surface area contributed by atoms with Crippen molar-refractivity contribution in [3.05, 3.63) is 71.9 Å². The number of aromatic nitrogens is 1. The standard InChI is InChI=1S/C20H26N4/c1-4-15(2)19(18-8-6-5-7-9-18)14-23-16(3)22-12-17-10-11-20(21)24-13-17/h5-11,13,19H,2,4,12,14H2,1,3H3,(H2,21,24)(H,22,23). The van der Waals surface area contributed by atoms with Gasteiger partial charge < -0.3 is 11.1 Å². The van der Waals surface area contributed by atoms with Crippen molar-refractivity contribution in [1.82, 2.24) is 10.3 Å². The minimum Gasteiger partial charge on any atom is -0.384 e. The van der Waals surface area contributed by atoms with Crippen LogP contribution in [0.15, 0.2) is 65.8 Å². The van der Waals surface area contributed by atoms with Gasteiger partial charge in [0.1, 0.15) is 5.82 Å². The molecule has 24 heavy (non-hydrogen) atoms. The molecule has 1 aromatic heterocycles. The van der Waals surface area contributed by atoms with Crippen LogP contribution < -0.4 is 11.1 Å². The molecular weight excluding hydrogens is 296 g/mol. The van der Waals surface area contributed by atoms with Gasteiger partial charge in [0.15, 0.2) is 0 Å². The Labute approximate surface area is 144 Å². The fourth-order valence-electron chi connectivity index (χ4n) is 2.47. The number of nitrogens with one attached hydrogen (secondary N) is 1. The molecule has 4 heteroatoms. The molecule has 0 aliphatic rings. The Kier molecular flexibility index (Phi) is 6.55. The van der Waals surface area contributed by atoms with Gasteiger partial charge in [-0.1, -0.05) is 55.5 Å². The molecule has 126 valence electrons. The molecule has 0 saturated carbocycles. The number of hydrogen-bond acceptors (Lipinski definition) is 3. The Balaban J connectivity index is 1.96. The van der Waals surface area contributed by atoms with Crippen molar-refractivity contribution < 1.29 is 0 Å². The molecule has 0 amide bonds. The van der Waals surface area contributed by atoms with Gasteiger partial charge in [-0.15, -0.1) is 0 Å². The second-order valence-corrected chi connectivity index (χ2v) is 5.85. The first-order valence-corrected chi connectivity index (χ1v) is 8.28. The fraction of sp³-hybridized carbons (Fsp3) is 0.300. The average Bonchev–Trinajstić information content (AvgIpc) is 2.62. The molecule has 1 unspecified atom stereocenters. The lowest BCUT2D eigenvalue weighted by Gasteiger charge is -2.20. The van der Waals surface area contributed by atoms with Gasteiger partial charge in [-0.05, 0) is 30.5 Å². The zero-order chi connectivity index (χ0) is 17.4. The summed E-state index contributed by atoms with van der Waals surface area (Å²) in [5, 5.41) is 3.42. The quantitative estimate of drug-likeness (QED) is 0.461. The fourth-order valence-corrected chi connectivity index (χ4v) is 2.47. The van der Waals surface area contributed by atoms with Crippen molar-refractivity contribution in [3.63, 3.8) is 0 Å². The van der Waals surface area contributed by atoms with Crippen LogP contribution in [0.4, 0.5) is 5.82 Å². The number of hydrogen-bond donors (Lipinski definition) is 2. The van der Waals surface area contributed by atoms with Crippen molar-refractivity contribution in [3.8, 4) is 0 Å². The van der Waals surface area contributed by atoms with Crippen LogP contribution in [0.5, 0.6) is 0 Å². The third kappa shape index (κ3) is 5.23. The average molecular weight is 322 g/mol. The summed E-state index contributed by atoms with van der Waals surface area (Å²) in [6, 6.07) is 14.2. The van der Waals surface area contributed by atoms with Crippen LogP contribution in [0.3, 0.4) is 0 Å². The van der Waals surface area contributed by atoms with E-state index in [0.717, 1.165) is 24.4 Å². The summed E-state index contributed by atoms with van der Waals surface area (Å²) in [7, 11) is 0. The molecular formula is C20H26N4. The topological polar surface area (TPSA) is 63.3 Å². The second-order valence-electron chi connectivity index (χ2n) is 5.85. The molecule has 0 fully saturated rings. The zero-order valence-electron chi connectivity index (χ0n) is 14.5. The Morgan fingerprint density at radius 2 is 2.00 bits per heavy atom. The Morgan fingerprint density at radius 1 is 1.25 bits per heavy atom. The summed E-state index contributed by atoms with van der Waals surface area (Å²) in [4.78, 5) is 8.65. The first-order chi connectivity index (χ1) is 11.6. The highest BCUT2D eigenvalue weighted by Gasteiger charge is 2.13. The van der Waals surface area contributed by atoms with Crippen molar-refractivity contribution in [2.75, 3.05) is 12.3 Å². The molecule has 0 bridgehead atoms. The number of nitrogens with two attached hydrogens (primary N) is 1. The van der Waals surface area contributed by atoms with E-state index in [-0.39, 0.29) is 0 Å². The molecule has 0 aliphatic heterocycles. The maximum Gasteiger partial charge on any atom is 0.123 e. The summed E-state index contributed by atoms with van der Waals surface area (Å²) in [6.07, 6.45) is 2.73. The molecule has 0 saturated heterocycles. The van der Waals surface area contributed by atoms with Crippen LogP contribution in [0.25, 0.3) is 0 Å². The predicted octanol–water partition coefficient (Wildman–Crippen LogP) is 3.92. The number of aliphatic imine (C=N–C) groups is 1. The summed E-state index contributed by atoms with van der Waals surface area (Å²) < 4.78 is 0. The minimum atomic E-state index is 0.291. The normalized spacial score (nSPS) is 12.7. The molecule has 1 aromatic carbocycles. The van der Waals surface area contributed by atoms with E-state index in [2.05, 4.69) is 53.1 Å². The van der Waals surface area contributed by atoms with Gasteiger partial charge in [0.05, 0.1) is 12.4 Å². The van der Waals surface area contributed by atoms with E-state index < -0.39 is 0 Å². The highest BCUT2D eigenvalue weighted by molar-refractivity contribution is 5.79. The molecule has 2 aromatic rings. The van der Waals surface area contributed by atoms with Crippen molar-refractivity contribution >= 4 is 11.7 Å². The molecule has 4 nitrogen and oxygen atoms in total. The largest absolute Gasteiger partial charge is 0.384 e. The van der Waals surface area contributed by atoms with E-state index in [1.807, 2.05) is 19.1 Å². The maximum absolute atomic E-state index is 5.59. The monoisotopic (exact) mass is 322 g/mol. The Hall–Kier alpha value is -2.62. The number of anilines is 1. The molecule has 1 atom stereocenters. The van der Waals surface area contributed by atoms with Gasteiger partial charge in [0, 0.05) is 18.7 Å². The van der Waals surface area contributed by atoms with Crippen LogP contribution in [-0.4, -0.2) is 17.4 Å². The van der Waals surface area contributed by atoms with Crippen LogP contribution >= 0.6 is 0 Å². The smallest absolute Gasteiger partial charge is 0.123 e. The van der Waals surface area contributed by atoms with E-state index in [4.69, 9.17) is 5.73 Å². The lowest BCUT2D eigenvalue weighted by Crippen LogP contribution is -2.27. The van der Waals surface area contributed by atoms with E-state index in [0.29, 0.717) is 18.3 Å². The van der Waals surface area contributed by atoms with Gasteiger partial charge >= 0.3 is 0 Å². The Morgan fingerprint density at radius 3 is 2.62 bits per heavy atom. The molecule has 1 heterocycles. The molecule has 2 rings (SSSR count). The lowest BCUT2D eigenvalue weighted by atomic mass is 9.90. The van der Waals surface area contributed by atoms with Crippen LogP contribution in [0.1, 0.15) is 37.3 Å². The lowest BCUT2D eigenvalue weighted by molar-refractivity contribution is 0.718. The van der Waals surface area contributed by atoms with E-state index in [9.17, 15) is 0 Å². The van der Waals surface area contributed by atoms with E-state index in [1.165, 1.54) is 11.1 Å². The van der Waals surface area contributed by atoms with Crippen molar-refractivity contribution in [2.24, 2.45) is 4.99 Å². The molecule has 3 N–H and O–H groups in total. The summed E-state index contributed by atoms with van der Waals surface area (Å²) >= 11 is 0. The number of rotatable bonds is 7. The van der Waals surface area contributed by atoms with Crippen molar-refractivity contribution in [2.45, 2.75) is 32.7 Å². The van der Waals surface area contributed by atoms with Crippen molar-refractivity contribution in [1.29, 1.82) is 0 Å². The third-order valence-corrected chi connectivity index (χ3v) is 4.06. The minimum absolute atomic E-state index is 0.291. The van der Waals surface area contributed by atoms with Gasteiger partial charge in [-0.25, -0.2) is 4.98 Å². The summed E-state index contributed by atoms with van der Waals surface area (Å²) in [6.45, 7) is 9.76. The summed E-state index contributed by atoms with van der Waals surface area (Å²) in [5.41, 5.74) is 9.15. The van der Waals surface area contributed by atoms with Crippen LogP contribution in [0, 0.1) is 0 Å². The van der Waals surface area contributed by atoms with E-state index in [1.54, 1.807) is 12.3 Å². The number of nitrogen functional groups attached to an aromatic ring is 1.